The lowest BCUT2D eigenvalue weighted by atomic mass is 10.2. The molecule has 10 nitrogen and oxygen atoms in total. The van der Waals surface area contributed by atoms with Crippen molar-refractivity contribution >= 4 is 29.2 Å². The van der Waals surface area contributed by atoms with E-state index in [2.05, 4.69) is 26.2 Å². The van der Waals surface area contributed by atoms with Crippen molar-refractivity contribution in [3.05, 3.63) is 29.5 Å². The monoisotopic (exact) mass is 382 g/mol. The lowest BCUT2D eigenvalue weighted by molar-refractivity contribution is -0.143. The lowest BCUT2D eigenvalue weighted by Gasteiger charge is -2.16. The molecule has 1 unspecified atom stereocenters. The molecule has 1 amide bonds. The quantitative estimate of drug-likeness (QED) is 0.599. The van der Waals surface area contributed by atoms with Crippen LogP contribution in [0.15, 0.2) is 24.5 Å². The van der Waals surface area contributed by atoms with Gasteiger partial charge in [0.25, 0.3) is 0 Å². The summed E-state index contributed by atoms with van der Waals surface area (Å²) in [5, 5.41) is 16.9. The van der Waals surface area contributed by atoms with E-state index in [1.807, 2.05) is 0 Å². The molecule has 0 aliphatic rings. The number of carbonyl (C=O) groups excluding carboxylic acids is 2. The van der Waals surface area contributed by atoms with Crippen LogP contribution in [-0.2, 0) is 19.1 Å². The van der Waals surface area contributed by atoms with Gasteiger partial charge in [-0.05, 0) is 35.0 Å². The number of benzene rings is 1. The molecular formula is C15H19ClN6O4. The van der Waals surface area contributed by atoms with Crippen LogP contribution in [0.3, 0.4) is 0 Å². The van der Waals surface area contributed by atoms with Crippen molar-refractivity contribution < 1.29 is 19.1 Å². The molecule has 140 valence electrons. The highest BCUT2D eigenvalue weighted by Crippen LogP contribution is 2.23. The average Bonchev–Trinajstić information content (AvgIpc) is 3.15. The fourth-order valence-corrected chi connectivity index (χ4v) is 2.34. The van der Waals surface area contributed by atoms with E-state index in [0.717, 1.165) is 0 Å². The van der Waals surface area contributed by atoms with E-state index in [9.17, 15) is 9.59 Å². The van der Waals surface area contributed by atoms with Crippen LogP contribution in [0, 0.1) is 0 Å². The Morgan fingerprint density at radius 2 is 2.15 bits per heavy atom. The van der Waals surface area contributed by atoms with E-state index in [0.29, 0.717) is 29.4 Å². The average molecular weight is 383 g/mol. The Bertz CT molecular complexity index is 740. The van der Waals surface area contributed by atoms with Gasteiger partial charge in [0.1, 0.15) is 12.4 Å². The first-order valence-electron chi connectivity index (χ1n) is 7.68. The summed E-state index contributed by atoms with van der Waals surface area (Å²) < 4.78 is 11.1. The van der Waals surface area contributed by atoms with Gasteiger partial charge in [-0.1, -0.05) is 11.6 Å². The third kappa shape index (κ3) is 5.48. The Kier molecular flexibility index (Phi) is 7.45. The van der Waals surface area contributed by atoms with Gasteiger partial charge in [0.15, 0.2) is 0 Å². The molecule has 0 aliphatic heterocycles. The second-order valence-corrected chi connectivity index (χ2v) is 5.64. The summed E-state index contributed by atoms with van der Waals surface area (Å²) in [6.07, 6.45) is 1.78. The summed E-state index contributed by atoms with van der Waals surface area (Å²) in [4.78, 5) is 24.0. The molecule has 0 fully saturated rings. The van der Waals surface area contributed by atoms with Gasteiger partial charge >= 0.3 is 5.97 Å². The normalized spacial score (nSPS) is 11.8. The molecule has 1 heterocycles. The van der Waals surface area contributed by atoms with Crippen LogP contribution in [0.4, 0.5) is 5.69 Å². The molecule has 1 aromatic heterocycles. The van der Waals surface area contributed by atoms with Crippen molar-refractivity contribution in [2.24, 2.45) is 0 Å². The van der Waals surface area contributed by atoms with Crippen LogP contribution in [0.1, 0.15) is 6.42 Å². The maximum absolute atomic E-state index is 12.3. The van der Waals surface area contributed by atoms with Gasteiger partial charge in [0, 0.05) is 18.7 Å². The molecule has 0 saturated carbocycles. The van der Waals surface area contributed by atoms with E-state index in [1.54, 1.807) is 18.2 Å². The third-order valence-corrected chi connectivity index (χ3v) is 3.67. The number of tetrazole rings is 1. The predicted octanol–water partition coefficient (Wildman–Crippen LogP) is 0.422. The number of carbonyl (C=O) groups is 2. The Morgan fingerprint density at radius 1 is 1.35 bits per heavy atom. The molecule has 0 saturated heterocycles. The van der Waals surface area contributed by atoms with Crippen molar-refractivity contribution in [1.82, 2.24) is 25.5 Å². The van der Waals surface area contributed by atoms with Crippen LogP contribution in [0.25, 0.3) is 5.69 Å². The zero-order chi connectivity index (χ0) is 18.9. The molecule has 1 atom stereocenters. The highest BCUT2D eigenvalue weighted by atomic mass is 35.5. The summed E-state index contributed by atoms with van der Waals surface area (Å²) in [6.45, 7) is 0.247. The SMILES string of the molecule is COCCC(NCC(=O)Nc1cc(Cl)ccc1-n1cnnn1)C(=O)OC. The number of ether oxygens (including phenoxy) is 2. The first kappa shape index (κ1) is 19.8. The van der Waals surface area contributed by atoms with Crippen LogP contribution in [-0.4, -0.2) is 65.5 Å². The first-order valence-corrected chi connectivity index (χ1v) is 8.06. The van der Waals surface area contributed by atoms with E-state index in [1.165, 1.54) is 25.2 Å². The number of rotatable bonds is 9. The Morgan fingerprint density at radius 3 is 2.81 bits per heavy atom. The summed E-state index contributed by atoms with van der Waals surface area (Å²) >= 11 is 6.00. The van der Waals surface area contributed by atoms with Gasteiger partial charge in [-0.2, -0.15) is 4.68 Å². The number of nitrogens with one attached hydrogen (secondary N) is 2. The number of amides is 1. The number of esters is 1. The number of hydrogen-bond donors (Lipinski definition) is 2. The van der Waals surface area contributed by atoms with Crippen LogP contribution < -0.4 is 10.6 Å². The number of hydrogen-bond acceptors (Lipinski definition) is 8. The molecule has 11 heteroatoms. The Balaban J connectivity index is 2.03. The van der Waals surface area contributed by atoms with Crippen molar-refractivity contribution in [3.63, 3.8) is 0 Å². The zero-order valence-electron chi connectivity index (χ0n) is 14.3. The number of methoxy groups -OCH3 is 2. The molecule has 0 bridgehead atoms. The molecule has 1 aromatic carbocycles. The van der Waals surface area contributed by atoms with Crippen molar-refractivity contribution in [1.29, 1.82) is 0 Å². The van der Waals surface area contributed by atoms with Gasteiger partial charge in [-0.25, -0.2) is 0 Å². The standard InChI is InChI=1S/C15H19ClN6O4/c1-25-6-5-11(15(24)26-2)17-8-14(23)19-12-7-10(16)3-4-13(12)22-9-18-20-21-22/h3-4,7,9,11,17H,5-6,8H2,1-2H3,(H,19,23). The number of halogens is 1. The molecule has 2 aromatic rings. The molecule has 26 heavy (non-hydrogen) atoms. The lowest BCUT2D eigenvalue weighted by Crippen LogP contribution is -2.42. The van der Waals surface area contributed by atoms with Crippen molar-refractivity contribution in [2.45, 2.75) is 12.5 Å². The van der Waals surface area contributed by atoms with Crippen molar-refractivity contribution in [3.8, 4) is 5.69 Å². The molecule has 0 radical (unpaired) electrons. The number of aromatic nitrogens is 4. The summed E-state index contributed by atoms with van der Waals surface area (Å²) in [6, 6.07) is 4.27. The van der Waals surface area contributed by atoms with Gasteiger partial charge in [-0.3, -0.25) is 14.9 Å². The van der Waals surface area contributed by atoms with E-state index in [-0.39, 0.29) is 12.5 Å². The fraction of sp³-hybridized carbons (Fsp3) is 0.400. The van der Waals surface area contributed by atoms with E-state index < -0.39 is 12.0 Å². The van der Waals surface area contributed by atoms with Gasteiger partial charge < -0.3 is 14.8 Å². The third-order valence-electron chi connectivity index (χ3n) is 3.43. The Hall–Kier alpha value is -2.56. The number of anilines is 1. The minimum atomic E-state index is -0.649. The maximum atomic E-state index is 12.3. The fourth-order valence-electron chi connectivity index (χ4n) is 2.17. The number of nitrogens with zero attached hydrogens (tertiary/aromatic N) is 4. The van der Waals surface area contributed by atoms with Crippen LogP contribution in [0.5, 0.6) is 0 Å². The molecule has 0 spiro atoms. The zero-order valence-corrected chi connectivity index (χ0v) is 15.1. The second kappa shape index (κ2) is 9.80. The predicted molar refractivity (Wildman–Crippen MR) is 93.1 cm³/mol. The minimum Gasteiger partial charge on any atom is -0.468 e. The topological polar surface area (TPSA) is 120 Å². The smallest absolute Gasteiger partial charge is 0.322 e. The summed E-state index contributed by atoms with van der Waals surface area (Å²) in [5.74, 6) is -0.833. The molecule has 0 aliphatic carbocycles. The minimum absolute atomic E-state index is 0.106. The Labute approximate surface area is 154 Å². The van der Waals surface area contributed by atoms with E-state index >= 15 is 0 Å². The summed E-state index contributed by atoms with van der Waals surface area (Å²) in [5.41, 5.74) is 0.986. The highest BCUT2D eigenvalue weighted by molar-refractivity contribution is 6.31. The molecular weight excluding hydrogens is 364 g/mol. The maximum Gasteiger partial charge on any atom is 0.322 e. The second-order valence-electron chi connectivity index (χ2n) is 5.20. The van der Waals surface area contributed by atoms with Gasteiger partial charge in [0.05, 0.1) is 25.0 Å². The summed E-state index contributed by atoms with van der Waals surface area (Å²) in [7, 11) is 2.81. The first-order chi connectivity index (χ1) is 12.5. The van der Waals surface area contributed by atoms with E-state index in [4.69, 9.17) is 21.1 Å². The largest absolute Gasteiger partial charge is 0.468 e. The van der Waals surface area contributed by atoms with Crippen LogP contribution in [0.2, 0.25) is 5.02 Å². The van der Waals surface area contributed by atoms with Gasteiger partial charge in [0.2, 0.25) is 5.91 Å². The van der Waals surface area contributed by atoms with Crippen molar-refractivity contribution in [2.75, 3.05) is 32.7 Å². The van der Waals surface area contributed by atoms with Gasteiger partial charge in [-0.15, -0.1) is 5.10 Å². The molecule has 2 rings (SSSR count). The molecule has 2 N–H and O–H groups in total. The van der Waals surface area contributed by atoms with Crippen LogP contribution >= 0.6 is 11.6 Å². The highest BCUT2D eigenvalue weighted by Gasteiger charge is 2.20.